The number of para-hydroxylation sites is 2. The van der Waals surface area contributed by atoms with Gasteiger partial charge in [-0.05, 0) is 30.7 Å². The maximum Gasteiger partial charge on any atom is 0.418 e. The van der Waals surface area contributed by atoms with Crippen molar-refractivity contribution in [3.05, 3.63) is 64.9 Å². The third-order valence-electron chi connectivity index (χ3n) is 3.81. The second kappa shape index (κ2) is 8.24. The third kappa shape index (κ3) is 4.48. The summed E-state index contributed by atoms with van der Waals surface area (Å²) < 4.78 is 41.1. The van der Waals surface area contributed by atoms with E-state index < -0.39 is 23.3 Å². The number of rotatable bonds is 5. The second-order valence-electron chi connectivity index (χ2n) is 5.77. The molecule has 0 bridgehead atoms. The normalized spacial score (nSPS) is 11.5. The number of hydrogen-bond acceptors (Lipinski definition) is 4. The Kier molecular flexibility index (Phi) is 5.95. The van der Waals surface area contributed by atoms with E-state index in [4.69, 9.17) is 11.6 Å². The molecule has 0 aliphatic carbocycles. The zero-order valence-corrected chi connectivity index (χ0v) is 16.1. The molecule has 0 radical (unpaired) electrons. The zero-order chi connectivity index (χ0) is 20.3. The highest BCUT2D eigenvalue weighted by atomic mass is 35.5. The largest absolute Gasteiger partial charge is 0.418 e. The molecular weight excluding hydrogens is 413 g/mol. The molecule has 0 spiro atoms. The van der Waals surface area contributed by atoms with Crippen LogP contribution in [0.3, 0.4) is 0 Å². The van der Waals surface area contributed by atoms with Crippen LogP contribution in [0, 0.1) is 6.92 Å². The van der Waals surface area contributed by atoms with Gasteiger partial charge < -0.3 is 5.32 Å². The lowest BCUT2D eigenvalue weighted by Crippen LogP contribution is -2.18. The molecule has 146 valence electrons. The molecule has 1 amide bonds. The van der Waals surface area contributed by atoms with Gasteiger partial charge in [0, 0.05) is 0 Å². The van der Waals surface area contributed by atoms with Crippen molar-refractivity contribution in [1.29, 1.82) is 0 Å². The fourth-order valence-corrected chi connectivity index (χ4v) is 3.46. The van der Waals surface area contributed by atoms with E-state index in [9.17, 15) is 18.0 Å². The standard InChI is InChI=1S/C18H14ClF3N4OS/c1-11-5-2-3-8-14(11)26-10-23-25-17(26)28-9-15(27)24-16-12(18(20,21)22)6-4-7-13(16)19/h2-8,10H,9H2,1H3,(H,24,27). The van der Waals surface area contributed by atoms with Crippen molar-refractivity contribution in [3.63, 3.8) is 0 Å². The lowest BCUT2D eigenvalue weighted by Gasteiger charge is -2.15. The van der Waals surface area contributed by atoms with Crippen LogP contribution >= 0.6 is 23.4 Å². The predicted octanol–water partition coefficient (Wildman–Crippen LogP) is 4.98. The van der Waals surface area contributed by atoms with Gasteiger partial charge in [0.2, 0.25) is 5.91 Å². The number of carbonyl (C=O) groups is 1. The summed E-state index contributed by atoms with van der Waals surface area (Å²) in [5.41, 5.74) is 0.379. The highest BCUT2D eigenvalue weighted by molar-refractivity contribution is 7.99. The molecule has 0 atom stereocenters. The van der Waals surface area contributed by atoms with Crippen LogP contribution in [-0.2, 0) is 11.0 Å². The van der Waals surface area contributed by atoms with Gasteiger partial charge in [0.15, 0.2) is 5.16 Å². The quantitative estimate of drug-likeness (QED) is 0.584. The molecule has 1 heterocycles. The van der Waals surface area contributed by atoms with Gasteiger partial charge in [-0.3, -0.25) is 9.36 Å². The topological polar surface area (TPSA) is 59.8 Å². The molecule has 3 rings (SSSR count). The minimum absolute atomic E-state index is 0.160. The van der Waals surface area contributed by atoms with Crippen molar-refractivity contribution in [3.8, 4) is 5.69 Å². The first kappa shape index (κ1) is 20.2. The van der Waals surface area contributed by atoms with Gasteiger partial charge in [-0.25, -0.2) is 0 Å². The Hall–Kier alpha value is -2.52. The fraction of sp³-hybridized carbons (Fsp3) is 0.167. The van der Waals surface area contributed by atoms with Gasteiger partial charge in [0.1, 0.15) is 6.33 Å². The summed E-state index contributed by atoms with van der Waals surface area (Å²) in [6.45, 7) is 1.92. The summed E-state index contributed by atoms with van der Waals surface area (Å²) in [4.78, 5) is 12.2. The zero-order valence-electron chi connectivity index (χ0n) is 14.5. The summed E-state index contributed by atoms with van der Waals surface area (Å²) in [5.74, 6) is -0.796. The lowest BCUT2D eigenvalue weighted by atomic mass is 10.1. The molecule has 0 unspecified atom stereocenters. The Bertz CT molecular complexity index is 1010. The summed E-state index contributed by atoms with van der Waals surface area (Å²) in [6, 6.07) is 10.9. The van der Waals surface area contributed by atoms with Gasteiger partial charge in [-0.15, -0.1) is 10.2 Å². The van der Waals surface area contributed by atoms with Gasteiger partial charge in [-0.1, -0.05) is 47.6 Å². The molecule has 0 fully saturated rings. The van der Waals surface area contributed by atoms with Gasteiger partial charge in [0.25, 0.3) is 0 Å². The maximum atomic E-state index is 13.1. The lowest BCUT2D eigenvalue weighted by molar-refractivity contribution is -0.137. The average Bonchev–Trinajstić information content (AvgIpc) is 3.09. The van der Waals surface area contributed by atoms with Crippen molar-refractivity contribution in [2.24, 2.45) is 0 Å². The number of anilines is 1. The number of halogens is 4. The van der Waals surface area contributed by atoms with Crippen molar-refractivity contribution in [2.45, 2.75) is 18.3 Å². The number of nitrogens with one attached hydrogen (secondary N) is 1. The van der Waals surface area contributed by atoms with E-state index in [1.807, 2.05) is 31.2 Å². The van der Waals surface area contributed by atoms with Crippen molar-refractivity contribution < 1.29 is 18.0 Å². The van der Waals surface area contributed by atoms with Crippen LogP contribution in [0.1, 0.15) is 11.1 Å². The average molecular weight is 427 g/mol. The molecule has 2 aromatic carbocycles. The molecule has 1 N–H and O–H groups in total. The Morgan fingerprint density at radius 2 is 1.96 bits per heavy atom. The predicted molar refractivity (Wildman–Crippen MR) is 102 cm³/mol. The molecule has 3 aromatic rings. The highest BCUT2D eigenvalue weighted by Gasteiger charge is 2.34. The fourth-order valence-electron chi connectivity index (χ4n) is 2.51. The maximum absolute atomic E-state index is 13.1. The molecule has 10 heteroatoms. The Morgan fingerprint density at radius 1 is 1.21 bits per heavy atom. The van der Waals surface area contributed by atoms with Gasteiger partial charge in [0.05, 0.1) is 27.7 Å². The van der Waals surface area contributed by atoms with E-state index in [1.165, 1.54) is 18.5 Å². The Morgan fingerprint density at radius 3 is 2.68 bits per heavy atom. The third-order valence-corrected chi connectivity index (χ3v) is 5.07. The van der Waals surface area contributed by atoms with Crippen molar-refractivity contribution in [1.82, 2.24) is 14.8 Å². The van der Waals surface area contributed by atoms with E-state index in [0.29, 0.717) is 5.16 Å². The first-order chi connectivity index (χ1) is 13.3. The molecule has 1 aromatic heterocycles. The number of alkyl halides is 3. The number of nitrogens with zero attached hydrogens (tertiary/aromatic N) is 3. The van der Waals surface area contributed by atoms with E-state index in [-0.39, 0.29) is 10.8 Å². The number of aromatic nitrogens is 3. The molecule has 0 saturated heterocycles. The van der Waals surface area contributed by atoms with E-state index in [2.05, 4.69) is 15.5 Å². The number of hydrogen-bond donors (Lipinski definition) is 1. The first-order valence-electron chi connectivity index (χ1n) is 8.01. The van der Waals surface area contributed by atoms with Crippen LogP contribution in [0.25, 0.3) is 5.69 Å². The number of thioether (sulfide) groups is 1. The van der Waals surface area contributed by atoms with Gasteiger partial charge in [-0.2, -0.15) is 13.2 Å². The highest BCUT2D eigenvalue weighted by Crippen LogP contribution is 2.38. The summed E-state index contributed by atoms with van der Waals surface area (Å²) in [6.07, 6.45) is -3.12. The van der Waals surface area contributed by atoms with Crippen molar-refractivity contribution >= 4 is 35.0 Å². The minimum atomic E-state index is -4.63. The molecule has 0 saturated carbocycles. The van der Waals surface area contributed by atoms with E-state index in [0.717, 1.165) is 29.1 Å². The number of benzene rings is 2. The molecular formula is C18H14ClF3N4OS. The van der Waals surface area contributed by atoms with Crippen LogP contribution in [0.2, 0.25) is 5.02 Å². The van der Waals surface area contributed by atoms with Crippen LogP contribution in [-0.4, -0.2) is 26.4 Å². The van der Waals surface area contributed by atoms with E-state index >= 15 is 0 Å². The Balaban J connectivity index is 1.74. The number of carbonyl (C=O) groups excluding carboxylic acids is 1. The molecule has 0 aliphatic heterocycles. The van der Waals surface area contributed by atoms with Crippen LogP contribution < -0.4 is 5.32 Å². The summed E-state index contributed by atoms with van der Waals surface area (Å²) in [7, 11) is 0. The Labute approximate surface area is 167 Å². The van der Waals surface area contributed by atoms with Crippen molar-refractivity contribution in [2.75, 3.05) is 11.1 Å². The summed E-state index contributed by atoms with van der Waals surface area (Å²) >= 11 is 6.91. The summed E-state index contributed by atoms with van der Waals surface area (Å²) in [5, 5.41) is 10.3. The number of amides is 1. The van der Waals surface area contributed by atoms with Crippen LogP contribution in [0.4, 0.5) is 18.9 Å². The monoisotopic (exact) mass is 426 g/mol. The van der Waals surface area contributed by atoms with Gasteiger partial charge >= 0.3 is 6.18 Å². The first-order valence-corrected chi connectivity index (χ1v) is 9.38. The second-order valence-corrected chi connectivity index (χ2v) is 7.12. The van der Waals surface area contributed by atoms with E-state index in [1.54, 1.807) is 4.57 Å². The van der Waals surface area contributed by atoms with Crippen LogP contribution in [0.5, 0.6) is 0 Å². The number of aryl methyl sites for hydroxylation is 1. The molecule has 0 aliphatic rings. The molecule has 28 heavy (non-hydrogen) atoms. The van der Waals surface area contributed by atoms with Crippen LogP contribution in [0.15, 0.2) is 53.9 Å². The smallest absolute Gasteiger partial charge is 0.324 e. The minimum Gasteiger partial charge on any atom is -0.324 e. The molecule has 5 nitrogen and oxygen atoms in total. The SMILES string of the molecule is Cc1ccccc1-n1cnnc1SCC(=O)Nc1c(Cl)cccc1C(F)(F)F.